The van der Waals surface area contributed by atoms with E-state index in [0.717, 1.165) is 22.5 Å². The van der Waals surface area contributed by atoms with E-state index in [2.05, 4.69) is 46.8 Å². The molecule has 5 rings (SSSR count). The Morgan fingerprint density at radius 2 is 2.06 bits per heavy atom. The lowest BCUT2D eigenvalue weighted by atomic mass is 9.99. The van der Waals surface area contributed by atoms with Crippen LogP contribution in [0.25, 0.3) is 0 Å². The number of rotatable bonds is 4. The fourth-order valence-electron chi connectivity index (χ4n) is 4.44. The highest BCUT2D eigenvalue weighted by Crippen LogP contribution is 2.53. The monoisotopic (exact) mass is 521 g/mol. The maximum atomic E-state index is 15.1. The number of benzene rings is 2. The molecule has 2 atom stereocenters. The van der Waals surface area contributed by atoms with Crippen molar-refractivity contribution in [3.8, 4) is 5.75 Å². The predicted octanol–water partition coefficient (Wildman–Crippen LogP) is 7.47. The summed E-state index contributed by atoms with van der Waals surface area (Å²) in [6.07, 6.45) is 1.17. The lowest BCUT2D eigenvalue weighted by Gasteiger charge is -2.40. The largest absolute Gasteiger partial charge is 0.465 e. The molecule has 7 heteroatoms. The molecule has 31 heavy (non-hydrogen) atoms. The summed E-state index contributed by atoms with van der Waals surface area (Å²) in [7, 11) is 1.74. The summed E-state index contributed by atoms with van der Waals surface area (Å²) < 4.78 is 27.8. The summed E-state index contributed by atoms with van der Waals surface area (Å²) in [6.45, 7) is 4.16. The van der Waals surface area contributed by atoms with Gasteiger partial charge in [0.15, 0.2) is 0 Å². The van der Waals surface area contributed by atoms with Gasteiger partial charge >= 0.3 is 0 Å². The minimum atomic E-state index is -0.335. The Morgan fingerprint density at radius 3 is 2.84 bits per heavy atom. The van der Waals surface area contributed by atoms with E-state index >= 15 is 4.39 Å². The summed E-state index contributed by atoms with van der Waals surface area (Å²) in [6, 6.07) is 13.3. The number of hydrogen-bond acceptors (Lipinski definition) is 4. The summed E-state index contributed by atoms with van der Waals surface area (Å²) >= 11 is 11.4. The molecule has 0 aliphatic carbocycles. The number of ether oxygens (including phenoxy) is 2. The van der Waals surface area contributed by atoms with Gasteiger partial charge in [0.1, 0.15) is 11.6 Å². The maximum absolute atomic E-state index is 15.1. The summed E-state index contributed by atoms with van der Waals surface area (Å²) in [5.74, 6) is 0.328. The molecule has 0 saturated carbocycles. The smallest absolute Gasteiger partial charge is 0.208 e. The molecular weight excluding hydrogens is 501 g/mol. The summed E-state index contributed by atoms with van der Waals surface area (Å²) in [5.41, 5.74) is 2.51. The van der Waals surface area contributed by atoms with Crippen molar-refractivity contribution in [2.75, 3.05) is 12.0 Å². The van der Waals surface area contributed by atoms with Crippen LogP contribution in [0.2, 0.25) is 5.02 Å². The van der Waals surface area contributed by atoms with Gasteiger partial charge in [0.05, 0.1) is 22.1 Å². The van der Waals surface area contributed by atoms with Gasteiger partial charge in [-0.15, -0.1) is 11.3 Å². The standard InChI is InChI=1S/C24H22BrClFNO2S/c1-24(2,29-3)12-16-5-7-21(31-16)23-28-18-6-4-15(26)8-13(18)9-19(28)22-17(27)10-14(25)11-20(22)30-23/h4-8,10-11,19,23H,9,12H2,1-3H3. The van der Waals surface area contributed by atoms with E-state index in [1.807, 2.05) is 24.3 Å². The number of anilines is 1. The number of halogens is 3. The quantitative estimate of drug-likeness (QED) is 0.355. The Kier molecular flexibility index (Phi) is 5.32. The first-order valence-corrected chi connectivity index (χ1v) is 12.1. The average Bonchev–Trinajstić information content (AvgIpc) is 3.30. The van der Waals surface area contributed by atoms with Gasteiger partial charge < -0.3 is 14.4 Å². The highest BCUT2D eigenvalue weighted by atomic mass is 79.9. The van der Waals surface area contributed by atoms with Gasteiger partial charge in [-0.25, -0.2) is 4.39 Å². The molecule has 3 heterocycles. The van der Waals surface area contributed by atoms with E-state index in [4.69, 9.17) is 21.1 Å². The fraction of sp³-hybridized carbons (Fsp3) is 0.333. The van der Waals surface area contributed by atoms with Crippen molar-refractivity contribution in [2.24, 2.45) is 0 Å². The Bertz CT molecular complexity index is 1160. The molecule has 2 aliphatic rings. The van der Waals surface area contributed by atoms with Gasteiger partial charge in [-0.05, 0) is 68.3 Å². The third-order valence-corrected chi connectivity index (χ3v) is 7.84. The van der Waals surface area contributed by atoms with E-state index in [9.17, 15) is 0 Å². The zero-order valence-corrected chi connectivity index (χ0v) is 20.6. The summed E-state index contributed by atoms with van der Waals surface area (Å²) in [5, 5.41) is 0.688. The van der Waals surface area contributed by atoms with Crippen molar-refractivity contribution in [1.82, 2.24) is 0 Å². The molecule has 162 valence electrons. The van der Waals surface area contributed by atoms with Crippen molar-refractivity contribution in [1.29, 1.82) is 0 Å². The number of fused-ring (bicyclic) bond motifs is 5. The molecule has 3 nitrogen and oxygen atoms in total. The average molecular weight is 523 g/mol. The second-order valence-electron chi connectivity index (χ2n) is 8.61. The van der Waals surface area contributed by atoms with Crippen LogP contribution in [0.3, 0.4) is 0 Å². The highest BCUT2D eigenvalue weighted by molar-refractivity contribution is 9.10. The third kappa shape index (κ3) is 3.78. The van der Waals surface area contributed by atoms with Gasteiger partial charge in [0.25, 0.3) is 0 Å². The minimum Gasteiger partial charge on any atom is -0.465 e. The molecule has 0 bridgehead atoms. The van der Waals surface area contributed by atoms with E-state index in [1.165, 1.54) is 10.9 Å². The Balaban J connectivity index is 1.60. The van der Waals surface area contributed by atoms with Crippen LogP contribution >= 0.6 is 38.9 Å². The Labute approximate surface area is 198 Å². The Morgan fingerprint density at radius 1 is 1.26 bits per heavy atom. The molecule has 0 radical (unpaired) electrons. The van der Waals surface area contributed by atoms with Gasteiger partial charge in [-0.3, -0.25) is 0 Å². The maximum Gasteiger partial charge on any atom is 0.208 e. The van der Waals surface area contributed by atoms with Crippen molar-refractivity contribution in [3.05, 3.63) is 78.7 Å². The topological polar surface area (TPSA) is 21.7 Å². The number of nitrogens with zero attached hydrogens (tertiary/aromatic N) is 1. The lowest BCUT2D eigenvalue weighted by molar-refractivity contribution is 0.0238. The second-order valence-corrected chi connectivity index (χ2v) is 11.2. The zero-order chi connectivity index (χ0) is 21.9. The normalized spacial score (nSPS) is 19.6. The molecule has 0 spiro atoms. The lowest BCUT2D eigenvalue weighted by Crippen LogP contribution is -2.37. The zero-order valence-electron chi connectivity index (χ0n) is 17.4. The van der Waals surface area contributed by atoms with Gasteiger partial charge in [0, 0.05) is 33.6 Å². The fourth-order valence-corrected chi connectivity index (χ4v) is 6.30. The van der Waals surface area contributed by atoms with Crippen molar-refractivity contribution in [2.45, 2.75) is 44.6 Å². The van der Waals surface area contributed by atoms with Crippen LogP contribution in [0.15, 0.2) is 46.9 Å². The molecule has 2 aromatic carbocycles. The number of hydrogen-bond donors (Lipinski definition) is 0. The molecule has 0 amide bonds. The predicted molar refractivity (Wildman–Crippen MR) is 127 cm³/mol. The molecule has 0 saturated heterocycles. The van der Waals surface area contributed by atoms with E-state index < -0.39 is 0 Å². The number of thiophene rings is 1. The van der Waals surface area contributed by atoms with E-state index in [1.54, 1.807) is 18.4 Å². The second kappa shape index (κ2) is 7.77. The molecule has 0 N–H and O–H groups in total. The first-order chi connectivity index (χ1) is 14.8. The van der Waals surface area contributed by atoms with Crippen LogP contribution in [-0.4, -0.2) is 12.7 Å². The van der Waals surface area contributed by atoms with Crippen LogP contribution in [0.5, 0.6) is 5.75 Å². The van der Waals surface area contributed by atoms with Crippen LogP contribution in [0.4, 0.5) is 10.1 Å². The highest BCUT2D eigenvalue weighted by Gasteiger charge is 2.44. The van der Waals surface area contributed by atoms with Crippen molar-refractivity contribution < 1.29 is 13.9 Å². The first-order valence-electron chi connectivity index (χ1n) is 10.1. The molecular formula is C24H22BrClFNO2S. The van der Waals surface area contributed by atoms with E-state index in [0.29, 0.717) is 27.2 Å². The molecule has 0 fully saturated rings. The van der Waals surface area contributed by atoms with Gasteiger partial charge in [-0.1, -0.05) is 27.5 Å². The van der Waals surface area contributed by atoms with Crippen LogP contribution in [0, 0.1) is 5.82 Å². The van der Waals surface area contributed by atoms with Crippen molar-refractivity contribution in [3.63, 3.8) is 0 Å². The third-order valence-electron chi connectivity index (χ3n) is 6.03. The van der Waals surface area contributed by atoms with Crippen LogP contribution < -0.4 is 9.64 Å². The van der Waals surface area contributed by atoms with E-state index in [-0.39, 0.29) is 23.7 Å². The van der Waals surface area contributed by atoms with Crippen LogP contribution in [-0.2, 0) is 17.6 Å². The van der Waals surface area contributed by atoms with Crippen LogP contribution in [0.1, 0.15) is 47.0 Å². The SMILES string of the molecule is COC(C)(C)Cc1ccc(C2Oc3cc(Br)cc(F)c3C3Cc4cc(Cl)ccc4N32)s1. The molecule has 2 unspecified atom stereocenters. The van der Waals surface area contributed by atoms with Crippen molar-refractivity contribution >= 4 is 44.6 Å². The molecule has 3 aromatic rings. The number of methoxy groups -OCH3 is 1. The Hall–Kier alpha value is -1.60. The van der Waals surface area contributed by atoms with Gasteiger partial charge in [0.2, 0.25) is 6.23 Å². The molecule has 2 aliphatic heterocycles. The minimum absolute atomic E-state index is 0.142. The summed E-state index contributed by atoms with van der Waals surface area (Å²) in [4.78, 5) is 4.51. The molecule has 1 aromatic heterocycles. The first kappa shape index (κ1) is 21.3. The van der Waals surface area contributed by atoms with Gasteiger partial charge in [-0.2, -0.15) is 0 Å².